The smallest absolute Gasteiger partial charge is 0.325 e. The topological polar surface area (TPSA) is 85.5 Å². The van der Waals surface area contributed by atoms with Gasteiger partial charge in [-0.3, -0.25) is 9.59 Å². The molecule has 1 aromatic rings. The van der Waals surface area contributed by atoms with E-state index in [4.69, 9.17) is 9.26 Å². The highest BCUT2D eigenvalue weighted by Gasteiger charge is 2.20. The molecule has 0 atom stereocenters. The quantitative estimate of drug-likeness (QED) is 0.613. The molecule has 0 spiro atoms. The Morgan fingerprint density at radius 1 is 1.30 bits per heavy atom. The average Bonchev–Trinajstić information content (AvgIpc) is 2.96. The number of methoxy groups -OCH3 is 1. The summed E-state index contributed by atoms with van der Waals surface area (Å²) < 4.78 is 9.72. The third-order valence-electron chi connectivity index (χ3n) is 3.88. The van der Waals surface area contributed by atoms with Crippen molar-refractivity contribution in [3.05, 3.63) is 11.7 Å². The van der Waals surface area contributed by atoms with E-state index in [9.17, 15) is 9.59 Å². The zero-order valence-electron chi connectivity index (χ0n) is 14.5. The monoisotopic (exact) mass is 325 g/mol. The molecule has 0 unspecified atom stereocenters. The van der Waals surface area contributed by atoms with Gasteiger partial charge in [-0.15, -0.1) is 0 Å². The highest BCUT2D eigenvalue weighted by Crippen LogP contribution is 2.12. The van der Waals surface area contributed by atoms with Crippen molar-refractivity contribution in [2.75, 3.05) is 20.2 Å². The fourth-order valence-corrected chi connectivity index (χ4v) is 2.32. The van der Waals surface area contributed by atoms with E-state index in [1.165, 1.54) is 7.11 Å². The minimum Gasteiger partial charge on any atom is -0.468 e. The predicted octanol–water partition coefficient (Wildman–Crippen LogP) is 2.14. The van der Waals surface area contributed by atoms with Gasteiger partial charge in [-0.05, 0) is 19.3 Å². The lowest BCUT2D eigenvalue weighted by Crippen LogP contribution is -2.39. The van der Waals surface area contributed by atoms with Crippen LogP contribution in [0.25, 0.3) is 0 Å². The first-order valence-corrected chi connectivity index (χ1v) is 8.13. The Hall–Kier alpha value is -1.92. The molecule has 1 rings (SSSR count). The molecule has 0 saturated carbocycles. The van der Waals surface area contributed by atoms with Gasteiger partial charge in [0.25, 0.3) is 0 Å². The number of ether oxygens (including phenoxy) is 1. The van der Waals surface area contributed by atoms with Crippen molar-refractivity contribution in [3.63, 3.8) is 0 Å². The highest BCUT2D eigenvalue weighted by molar-refractivity contribution is 5.82. The maximum Gasteiger partial charge on any atom is 0.325 e. The molecular weight excluding hydrogens is 298 g/mol. The average molecular weight is 325 g/mol. The molecule has 0 bridgehead atoms. The first-order chi connectivity index (χ1) is 11.0. The molecule has 1 aromatic heterocycles. The first-order valence-electron chi connectivity index (χ1n) is 8.13. The van der Waals surface area contributed by atoms with Crippen molar-refractivity contribution in [1.29, 1.82) is 0 Å². The van der Waals surface area contributed by atoms with E-state index in [0.717, 1.165) is 12.8 Å². The second-order valence-corrected chi connectivity index (χ2v) is 5.62. The first kappa shape index (κ1) is 19.1. The summed E-state index contributed by atoms with van der Waals surface area (Å²) in [6, 6.07) is 0. The summed E-state index contributed by atoms with van der Waals surface area (Å²) in [7, 11) is 1.33. The summed E-state index contributed by atoms with van der Waals surface area (Å²) in [4.78, 5) is 29.7. The van der Waals surface area contributed by atoms with Crippen molar-refractivity contribution in [2.45, 2.75) is 52.9 Å². The molecule has 0 saturated heterocycles. The summed E-state index contributed by atoms with van der Waals surface area (Å²) in [5.74, 6) is 1.08. The maximum atomic E-state index is 12.4. The maximum absolute atomic E-state index is 12.4. The Morgan fingerprint density at radius 3 is 2.52 bits per heavy atom. The van der Waals surface area contributed by atoms with Gasteiger partial charge in [-0.2, -0.15) is 4.98 Å². The van der Waals surface area contributed by atoms with Gasteiger partial charge in [0.1, 0.15) is 6.54 Å². The van der Waals surface area contributed by atoms with Crippen LogP contribution in [0, 0.1) is 12.8 Å². The number of aromatic nitrogens is 2. The van der Waals surface area contributed by atoms with Crippen LogP contribution in [-0.2, 0) is 20.7 Å². The number of rotatable bonds is 10. The van der Waals surface area contributed by atoms with E-state index in [1.807, 2.05) is 0 Å². The molecule has 7 nitrogen and oxygen atoms in total. The number of nitrogens with zero attached hydrogens (tertiary/aromatic N) is 3. The molecule has 1 heterocycles. The van der Waals surface area contributed by atoms with Crippen LogP contribution in [0.15, 0.2) is 4.52 Å². The molecule has 0 N–H and O–H groups in total. The van der Waals surface area contributed by atoms with E-state index in [2.05, 4.69) is 24.0 Å². The van der Waals surface area contributed by atoms with Crippen LogP contribution in [0.5, 0.6) is 0 Å². The van der Waals surface area contributed by atoms with Gasteiger partial charge >= 0.3 is 5.97 Å². The van der Waals surface area contributed by atoms with Gasteiger partial charge in [0, 0.05) is 19.4 Å². The fraction of sp³-hybridized carbons (Fsp3) is 0.750. The van der Waals surface area contributed by atoms with Crippen LogP contribution in [0.4, 0.5) is 0 Å². The van der Waals surface area contributed by atoms with Gasteiger partial charge in [0.05, 0.1) is 7.11 Å². The molecule has 23 heavy (non-hydrogen) atoms. The minimum absolute atomic E-state index is 0.00546. The lowest BCUT2D eigenvalue weighted by molar-refractivity contribution is -0.147. The number of hydrogen-bond acceptors (Lipinski definition) is 6. The Bertz CT molecular complexity index is 497. The molecule has 0 aliphatic heterocycles. The summed E-state index contributed by atoms with van der Waals surface area (Å²) in [5, 5.41) is 3.72. The van der Waals surface area contributed by atoms with E-state index >= 15 is 0 Å². The fourth-order valence-electron chi connectivity index (χ4n) is 2.32. The van der Waals surface area contributed by atoms with Gasteiger partial charge in [0.15, 0.2) is 5.82 Å². The van der Waals surface area contributed by atoms with E-state index in [-0.39, 0.29) is 12.5 Å². The van der Waals surface area contributed by atoms with Crippen LogP contribution >= 0.6 is 0 Å². The Kier molecular flexibility index (Phi) is 8.29. The zero-order chi connectivity index (χ0) is 17.2. The van der Waals surface area contributed by atoms with Crippen LogP contribution in [0.1, 0.15) is 51.2 Å². The van der Waals surface area contributed by atoms with Gasteiger partial charge < -0.3 is 14.2 Å². The predicted molar refractivity (Wildman–Crippen MR) is 84.6 cm³/mol. The van der Waals surface area contributed by atoms with Gasteiger partial charge in [-0.1, -0.05) is 31.8 Å². The third-order valence-corrected chi connectivity index (χ3v) is 3.88. The van der Waals surface area contributed by atoms with Crippen LogP contribution in [-0.4, -0.2) is 47.1 Å². The van der Waals surface area contributed by atoms with Crippen molar-refractivity contribution in [2.24, 2.45) is 5.92 Å². The standard InChI is InChI=1S/C16H27N3O4/c1-5-13(6-2)10-19(11-16(21)22-4)15(20)9-7-8-14-17-12(3)18-23-14/h13H,5-11H2,1-4H3. The number of carbonyl (C=O) groups excluding carboxylic acids is 2. The van der Waals surface area contributed by atoms with E-state index in [0.29, 0.717) is 43.4 Å². The molecule has 130 valence electrons. The Morgan fingerprint density at radius 2 is 2.00 bits per heavy atom. The van der Waals surface area contributed by atoms with E-state index < -0.39 is 5.97 Å². The van der Waals surface area contributed by atoms with Gasteiger partial charge in [-0.25, -0.2) is 0 Å². The van der Waals surface area contributed by atoms with Crippen molar-refractivity contribution < 1.29 is 18.8 Å². The number of esters is 1. The third kappa shape index (κ3) is 6.80. The molecular formula is C16H27N3O4. The Balaban J connectivity index is 2.53. The summed E-state index contributed by atoms with van der Waals surface area (Å²) in [6.07, 6.45) is 3.47. The number of carbonyl (C=O) groups is 2. The molecule has 0 fully saturated rings. The summed E-state index contributed by atoms with van der Waals surface area (Å²) in [5.41, 5.74) is 0. The largest absolute Gasteiger partial charge is 0.468 e. The van der Waals surface area contributed by atoms with Crippen LogP contribution in [0.3, 0.4) is 0 Å². The summed E-state index contributed by atoms with van der Waals surface area (Å²) in [6.45, 7) is 6.53. The molecule has 0 aromatic carbocycles. The number of amides is 1. The minimum atomic E-state index is -0.392. The van der Waals surface area contributed by atoms with Gasteiger partial charge in [0.2, 0.25) is 11.8 Å². The summed E-state index contributed by atoms with van der Waals surface area (Å²) >= 11 is 0. The van der Waals surface area contributed by atoms with Crippen LogP contribution < -0.4 is 0 Å². The Labute approximate surface area is 137 Å². The normalized spacial score (nSPS) is 10.8. The van der Waals surface area contributed by atoms with Crippen molar-refractivity contribution in [1.82, 2.24) is 15.0 Å². The SMILES string of the molecule is CCC(CC)CN(CC(=O)OC)C(=O)CCCc1nc(C)no1. The van der Waals surface area contributed by atoms with Crippen LogP contribution in [0.2, 0.25) is 0 Å². The van der Waals surface area contributed by atoms with Crippen molar-refractivity contribution >= 4 is 11.9 Å². The lowest BCUT2D eigenvalue weighted by Gasteiger charge is -2.25. The van der Waals surface area contributed by atoms with Crippen molar-refractivity contribution in [3.8, 4) is 0 Å². The molecule has 0 radical (unpaired) electrons. The number of hydrogen-bond donors (Lipinski definition) is 0. The second kappa shape index (κ2) is 9.97. The lowest BCUT2D eigenvalue weighted by atomic mass is 10.0. The van der Waals surface area contributed by atoms with E-state index in [1.54, 1.807) is 11.8 Å². The second-order valence-electron chi connectivity index (χ2n) is 5.62. The molecule has 7 heteroatoms. The number of aryl methyl sites for hydroxylation is 2. The highest BCUT2D eigenvalue weighted by atomic mass is 16.5. The molecule has 0 aliphatic carbocycles. The molecule has 1 amide bonds. The zero-order valence-corrected chi connectivity index (χ0v) is 14.5. The molecule has 0 aliphatic rings.